The molecule has 2 atom stereocenters. The van der Waals surface area contributed by atoms with Crippen LogP contribution >= 0.6 is 0 Å². The number of rotatable bonds is 5. The number of carbonyl (C=O) groups is 1. The van der Waals surface area contributed by atoms with Gasteiger partial charge in [-0.3, -0.25) is 4.79 Å². The second-order valence-electron chi connectivity index (χ2n) is 5.55. The van der Waals surface area contributed by atoms with Crippen molar-refractivity contribution in [3.63, 3.8) is 0 Å². The highest BCUT2D eigenvalue weighted by Gasteiger charge is 2.38. The first-order valence-corrected chi connectivity index (χ1v) is 7.78. The number of benzene rings is 1. The summed E-state index contributed by atoms with van der Waals surface area (Å²) in [6, 6.07) is 12.1. The maximum Gasteiger partial charge on any atom is 0.257 e. The fourth-order valence-corrected chi connectivity index (χ4v) is 3.14. The van der Waals surface area contributed by atoms with Gasteiger partial charge < -0.3 is 14.1 Å². The number of hydrogen-bond donors (Lipinski definition) is 0. The lowest BCUT2D eigenvalue weighted by atomic mass is 10.0. The number of likely N-dealkylation sites (tertiary alicyclic amines) is 1. The summed E-state index contributed by atoms with van der Waals surface area (Å²) in [5.41, 5.74) is 1.83. The third-order valence-electron chi connectivity index (χ3n) is 4.18. The second kappa shape index (κ2) is 6.79. The van der Waals surface area contributed by atoms with Gasteiger partial charge in [-0.15, -0.1) is 0 Å². The molecule has 0 radical (unpaired) electrons. The Hall–Kier alpha value is -2.07. The van der Waals surface area contributed by atoms with E-state index < -0.39 is 0 Å². The molecule has 1 aromatic carbocycles. The van der Waals surface area contributed by atoms with E-state index >= 15 is 0 Å². The van der Waals surface area contributed by atoms with Gasteiger partial charge in [0, 0.05) is 13.2 Å². The van der Waals surface area contributed by atoms with Gasteiger partial charge >= 0.3 is 0 Å². The number of ether oxygens (including phenoxy) is 1. The van der Waals surface area contributed by atoms with E-state index in [0.29, 0.717) is 12.2 Å². The molecule has 0 saturated carbocycles. The Bertz CT molecular complexity index is 594. The Kier molecular flexibility index (Phi) is 4.59. The van der Waals surface area contributed by atoms with Crippen LogP contribution in [0.2, 0.25) is 0 Å². The van der Waals surface area contributed by atoms with Gasteiger partial charge in [0.05, 0.1) is 24.0 Å². The molecule has 1 aromatic heterocycles. The lowest BCUT2D eigenvalue weighted by molar-refractivity contribution is 0.0312. The van der Waals surface area contributed by atoms with Crippen LogP contribution in [0.4, 0.5) is 0 Å². The molecule has 0 N–H and O–H groups in total. The van der Waals surface area contributed by atoms with Gasteiger partial charge in [0.15, 0.2) is 0 Å². The molecule has 4 nitrogen and oxygen atoms in total. The van der Waals surface area contributed by atoms with Crippen LogP contribution in [-0.2, 0) is 11.2 Å². The summed E-state index contributed by atoms with van der Waals surface area (Å²) in [4.78, 5) is 14.6. The molecule has 2 heterocycles. The topological polar surface area (TPSA) is 42.7 Å². The molecule has 1 fully saturated rings. The zero-order chi connectivity index (χ0) is 15.4. The van der Waals surface area contributed by atoms with Gasteiger partial charge in [-0.1, -0.05) is 30.3 Å². The van der Waals surface area contributed by atoms with Crippen LogP contribution in [0.3, 0.4) is 0 Å². The van der Waals surface area contributed by atoms with Crippen LogP contribution < -0.4 is 0 Å². The highest BCUT2D eigenvalue weighted by atomic mass is 16.5. The van der Waals surface area contributed by atoms with E-state index in [0.717, 1.165) is 19.4 Å². The summed E-state index contributed by atoms with van der Waals surface area (Å²) in [6.07, 6.45) is 4.84. The van der Waals surface area contributed by atoms with E-state index in [2.05, 4.69) is 12.1 Å². The van der Waals surface area contributed by atoms with E-state index in [4.69, 9.17) is 9.15 Å². The average molecular weight is 299 g/mol. The average Bonchev–Trinajstić information content (AvgIpc) is 3.19. The Morgan fingerprint density at radius 3 is 2.82 bits per heavy atom. The van der Waals surface area contributed by atoms with Crippen LogP contribution in [0.15, 0.2) is 53.3 Å². The molecule has 1 amide bonds. The highest BCUT2D eigenvalue weighted by Crippen LogP contribution is 2.26. The monoisotopic (exact) mass is 299 g/mol. The molecule has 4 heteroatoms. The summed E-state index contributed by atoms with van der Waals surface area (Å²) in [5.74, 6) is 0.0249. The molecule has 0 unspecified atom stereocenters. The van der Waals surface area contributed by atoms with Gasteiger partial charge in [0.25, 0.3) is 5.91 Å². The van der Waals surface area contributed by atoms with Crippen molar-refractivity contribution >= 4 is 5.91 Å². The van der Waals surface area contributed by atoms with E-state index in [9.17, 15) is 4.79 Å². The molecular formula is C18H21NO3. The SMILES string of the molecule is CCO[C@H]1CCN(C(=O)c2ccoc2)[C@H]1Cc1ccccc1. The predicted octanol–water partition coefficient (Wildman–Crippen LogP) is 3.14. The van der Waals surface area contributed by atoms with Crippen molar-refractivity contribution in [2.75, 3.05) is 13.2 Å². The number of nitrogens with zero attached hydrogens (tertiary/aromatic N) is 1. The van der Waals surface area contributed by atoms with Crippen LogP contribution in [0.25, 0.3) is 0 Å². The Balaban J connectivity index is 1.80. The van der Waals surface area contributed by atoms with Crippen LogP contribution in [0.1, 0.15) is 29.3 Å². The van der Waals surface area contributed by atoms with Crippen LogP contribution in [-0.4, -0.2) is 36.1 Å². The first kappa shape index (κ1) is 14.9. The van der Waals surface area contributed by atoms with E-state index in [1.165, 1.54) is 18.1 Å². The standard InChI is InChI=1S/C18H21NO3/c1-2-22-17-8-10-19(18(20)15-9-11-21-13-15)16(17)12-14-6-4-3-5-7-14/h3-7,9,11,13,16-17H,2,8,10,12H2,1H3/t16-,17-/m0/s1. The molecule has 1 saturated heterocycles. The van der Waals surface area contributed by atoms with Crippen molar-refractivity contribution < 1.29 is 13.9 Å². The molecule has 3 rings (SSSR count). The fourth-order valence-electron chi connectivity index (χ4n) is 3.14. The molecule has 116 valence electrons. The molecule has 1 aliphatic heterocycles. The molecule has 0 aliphatic carbocycles. The van der Waals surface area contributed by atoms with E-state index in [1.807, 2.05) is 30.0 Å². The van der Waals surface area contributed by atoms with Gasteiger partial charge in [0.1, 0.15) is 6.26 Å². The summed E-state index contributed by atoms with van der Waals surface area (Å²) in [7, 11) is 0. The zero-order valence-corrected chi connectivity index (χ0v) is 12.8. The maximum atomic E-state index is 12.7. The third-order valence-corrected chi connectivity index (χ3v) is 4.18. The predicted molar refractivity (Wildman–Crippen MR) is 83.7 cm³/mol. The lowest BCUT2D eigenvalue weighted by Gasteiger charge is -2.28. The summed E-state index contributed by atoms with van der Waals surface area (Å²) >= 11 is 0. The smallest absolute Gasteiger partial charge is 0.257 e. The highest BCUT2D eigenvalue weighted by molar-refractivity contribution is 5.94. The Morgan fingerprint density at radius 2 is 2.14 bits per heavy atom. The van der Waals surface area contributed by atoms with Crippen molar-refractivity contribution in [1.29, 1.82) is 0 Å². The van der Waals surface area contributed by atoms with Gasteiger partial charge in [-0.2, -0.15) is 0 Å². The van der Waals surface area contributed by atoms with Crippen LogP contribution in [0.5, 0.6) is 0 Å². The minimum atomic E-state index is 0.0249. The summed E-state index contributed by atoms with van der Waals surface area (Å²) in [5, 5.41) is 0. The molecule has 22 heavy (non-hydrogen) atoms. The Morgan fingerprint density at radius 1 is 1.32 bits per heavy atom. The molecule has 2 aromatic rings. The van der Waals surface area contributed by atoms with Crippen molar-refractivity contribution in [2.45, 2.75) is 31.9 Å². The molecule has 1 aliphatic rings. The number of amides is 1. The Labute approximate surface area is 130 Å². The maximum absolute atomic E-state index is 12.7. The van der Waals surface area contributed by atoms with Crippen molar-refractivity contribution in [2.24, 2.45) is 0 Å². The largest absolute Gasteiger partial charge is 0.472 e. The molecule has 0 spiro atoms. The van der Waals surface area contributed by atoms with E-state index in [1.54, 1.807) is 6.07 Å². The first-order chi connectivity index (χ1) is 10.8. The molecule has 0 bridgehead atoms. The van der Waals surface area contributed by atoms with Gasteiger partial charge in [0.2, 0.25) is 0 Å². The van der Waals surface area contributed by atoms with Crippen molar-refractivity contribution in [1.82, 2.24) is 4.90 Å². The number of hydrogen-bond acceptors (Lipinski definition) is 3. The van der Waals surface area contributed by atoms with Crippen molar-refractivity contribution in [3.05, 3.63) is 60.1 Å². The zero-order valence-electron chi connectivity index (χ0n) is 12.8. The lowest BCUT2D eigenvalue weighted by Crippen LogP contribution is -2.41. The third kappa shape index (κ3) is 3.07. The minimum absolute atomic E-state index is 0.0249. The van der Waals surface area contributed by atoms with E-state index in [-0.39, 0.29) is 18.1 Å². The number of furan rings is 1. The van der Waals surface area contributed by atoms with Crippen LogP contribution in [0, 0.1) is 0 Å². The minimum Gasteiger partial charge on any atom is -0.472 e. The van der Waals surface area contributed by atoms with Gasteiger partial charge in [-0.25, -0.2) is 0 Å². The normalized spacial score (nSPS) is 21.2. The van der Waals surface area contributed by atoms with Gasteiger partial charge in [-0.05, 0) is 31.4 Å². The second-order valence-corrected chi connectivity index (χ2v) is 5.55. The quantitative estimate of drug-likeness (QED) is 0.852. The first-order valence-electron chi connectivity index (χ1n) is 7.78. The summed E-state index contributed by atoms with van der Waals surface area (Å²) in [6.45, 7) is 3.40. The molecular weight excluding hydrogens is 278 g/mol. The number of carbonyl (C=O) groups excluding carboxylic acids is 1. The fraction of sp³-hybridized carbons (Fsp3) is 0.389. The van der Waals surface area contributed by atoms with Crippen molar-refractivity contribution in [3.8, 4) is 0 Å². The summed E-state index contributed by atoms with van der Waals surface area (Å²) < 4.78 is 10.9.